The van der Waals surface area contributed by atoms with E-state index in [4.69, 9.17) is 9.47 Å². The first kappa shape index (κ1) is 34.4. The maximum Gasteiger partial charge on any atom is 0.337 e. The molecule has 47 heavy (non-hydrogen) atoms. The van der Waals surface area contributed by atoms with Crippen LogP contribution < -0.4 is 5.32 Å². The molecule has 0 bridgehead atoms. The fourth-order valence-electron chi connectivity index (χ4n) is 6.44. The highest BCUT2D eigenvalue weighted by molar-refractivity contribution is 5.78. The van der Waals surface area contributed by atoms with Crippen LogP contribution in [0.3, 0.4) is 0 Å². The van der Waals surface area contributed by atoms with Gasteiger partial charge in [0, 0.05) is 52.0 Å². The Kier molecular flexibility index (Phi) is 11.5. The lowest BCUT2D eigenvalue weighted by atomic mass is 9.86. The van der Waals surface area contributed by atoms with Gasteiger partial charge in [-0.2, -0.15) is 0 Å². The van der Waals surface area contributed by atoms with Gasteiger partial charge >= 0.3 is 5.97 Å². The second kappa shape index (κ2) is 15.8. The second-order valence-corrected chi connectivity index (χ2v) is 12.7. The van der Waals surface area contributed by atoms with E-state index in [1.165, 1.54) is 11.6 Å². The first-order chi connectivity index (χ1) is 22.7. The monoisotopic (exact) mass is 642 g/mol. The van der Waals surface area contributed by atoms with Crippen LogP contribution in [0, 0.1) is 25.5 Å². The summed E-state index contributed by atoms with van der Waals surface area (Å²) in [6.45, 7) is 7.93. The van der Waals surface area contributed by atoms with Gasteiger partial charge in [0.15, 0.2) is 5.60 Å². The van der Waals surface area contributed by atoms with Gasteiger partial charge in [-0.3, -0.25) is 4.90 Å². The van der Waals surface area contributed by atoms with Crippen molar-refractivity contribution in [1.82, 2.24) is 10.2 Å². The van der Waals surface area contributed by atoms with E-state index in [0.717, 1.165) is 42.6 Å². The van der Waals surface area contributed by atoms with Gasteiger partial charge in [-0.25, -0.2) is 13.6 Å². The van der Waals surface area contributed by atoms with Gasteiger partial charge in [-0.15, -0.1) is 0 Å². The van der Waals surface area contributed by atoms with E-state index in [1.54, 1.807) is 25.1 Å². The van der Waals surface area contributed by atoms with E-state index in [-0.39, 0.29) is 23.7 Å². The molecular weight excluding hydrogens is 598 g/mol. The van der Waals surface area contributed by atoms with Gasteiger partial charge in [0.25, 0.3) is 0 Å². The van der Waals surface area contributed by atoms with Gasteiger partial charge in [0.1, 0.15) is 11.6 Å². The predicted molar refractivity (Wildman–Crippen MR) is 179 cm³/mol. The van der Waals surface area contributed by atoms with Crippen LogP contribution in [0.2, 0.25) is 0 Å². The molecule has 0 radical (unpaired) electrons. The van der Waals surface area contributed by atoms with Gasteiger partial charge in [0.05, 0.1) is 18.8 Å². The number of ether oxygens (including phenoxy) is 2. The van der Waals surface area contributed by atoms with Crippen molar-refractivity contribution >= 4 is 5.97 Å². The van der Waals surface area contributed by atoms with E-state index in [2.05, 4.69) is 34.5 Å². The third-order valence-electron chi connectivity index (χ3n) is 8.87. The predicted octanol–water partition coefficient (Wildman–Crippen LogP) is 6.31. The molecule has 4 aromatic rings. The molecule has 248 valence electrons. The summed E-state index contributed by atoms with van der Waals surface area (Å²) in [4.78, 5) is 14.1. The molecule has 2 saturated heterocycles. The van der Waals surface area contributed by atoms with E-state index in [0.29, 0.717) is 44.0 Å². The number of morpholine rings is 2. The van der Waals surface area contributed by atoms with Crippen molar-refractivity contribution in [3.05, 3.63) is 142 Å². The van der Waals surface area contributed by atoms with Crippen LogP contribution >= 0.6 is 0 Å². The molecule has 0 aromatic heterocycles. The zero-order valence-corrected chi connectivity index (χ0v) is 27.2. The minimum atomic E-state index is -1.31. The molecule has 2 N–H and O–H groups in total. The summed E-state index contributed by atoms with van der Waals surface area (Å²) in [6.07, 6.45) is 1.86. The number of hydrogen-bond donors (Lipinski definition) is 2. The van der Waals surface area contributed by atoms with Crippen molar-refractivity contribution in [3.63, 3.8) is 0 Å². The zero-order valence-electron chi connectivity index (χ0n) is 27.2. The van der Waals surface area contributed by atoms with Crippen LogP contribution in [0.15, 0.2) is 97.1 Å². The van der Waals surface area contributed by atoms with Gasteiger partial charge in [0.2, 0.25) is 0 Å². The molecule has 2 aliphatic rings. The molecule has 2 fully saturated rings. The normalized spacial score (nSPS) is 21.4. The quantitative estimate of drug-likeness (QED) is 0.223. The number of halogens is 2. The molecule has 8 heteroatoms. The van der Waals surface area contributed by atoms with Gasteiger partial charge < -0.3 is 19.9 Å². The SMILES string of the molecule is Cc1cc(CC2(C(=O)O)CN(Cc3ccccc3)CCO2)ccc1F.Cc1cc(CC2(Cc3ccccc3)CNCCO2)ccc1F. The number of carbonyl (C=O) groups is 1. The van der Waals surface area contributed by atoms with Crippen molar-refractivity contribution in [2.75, 3.05) is 39.4 Å². The Labute approximate surface area is 276 Å². The molecule has 2 unspecified atom stereocenters. The van der Waals surface area contributed by atoms with E-state index in [1.807, 2.05) is 55.5 Å². The Morgan fingerprint density at radius 1 is 0.766 bits per heavy atom. The number of nitrogens with one attached hydrogen (secondary N) is 1. The number of carboxylic acids is 1. The van der Waals surface area contributed by atoms with Crippen molar-refractivity contribution < 1.29 is 28.2 Å². The molecule has 6 rings (SSSR count). The summed E-state index contributed by atoms with van der Waals surface area (Å²) in [5, 5.41) is 13.3. The minimum Gasteiger partial charge on any atom is -0.479 e. The van der Waals surface area contributed by atoms with Crippen molar-refractivity contribution in [2.24, 2.45) is 0 Å². The standard InChI is InChI=1S/C20H22FNO3.C19H22FNO/c1-15-11-17(7-8-18(15)21)12-20(19(23)24)14-22(9-10-25-20)13-16-5-3-2-4-6-16;1-15-11-17(7-8-18(15)20)13-19(14-21-9-10-22-19)12-16-5-3-2-4-6-16/h2-8,11H,9-10,12-14H2,1H3,(H,23,24);2-8,11,21H,9-10,12-14H2,1H3. The average molecular weight is 643 g/mol. The second-order valence-electron chi connectivity index (χ2n) is 12.7. The highest BCUT2D eigenvalue weighted by atomic mass is 19.1. The Morgan fingerprint density at radius 2 is 1.34 bits per heavy atom. The maximum absolute atomic E-state index is 13.5. The lowest BCUT2D eigenvalue weighted by molar-refractivity contribution is -0.178. The molecule has 0 saturated carbocycles. The molecule has 0 amide bonds. The summed E-state index contributed by atoms with van der Waals surface area (Å²) in [5.74, 6) is -1.42. The number of nitrogens with zero attached hydrogens (tertiary/aromatic N) is 1. The number of aryl methyl sites for hydroxylation is 2. The summed E-state index contributed by atoms with van der Waals surface area (Å²) >= 11 is 0. The van der Waals surface area contributed by atoms with Crippen LogP contribution in [0.25, 0.3) is 0 Å². The molecule has 2 heterocycles. The summed E-state index contributed by atoms with van der Waals surface area (Å²) < 4.78 is 38.9. The Bertz CT molecular complexity index is 1610. The third kappa shape index (κ3) is 9.32. The van der Waals surface area contributed by atoms with Crippen LogP contribution in [-0.2, 0) is 40.1 Å². The van der Waals surface area contributed by atoms with E-state index < -0.39 is 11.6 Å². The molecular formula is C39H44F2N2O4. The summed E-state index contributed by atoms with van der Waals surface area (Å²) in [5.41, 5.74) is 3.93. The number of aliphatic carboxylic acids is 1. The van der Waals surface area contributed by atoms with Crippen molar-refractivity contribution in [3.8, 4) is 0 Å². The van der Waals surface area contributed by atoms with Crippen LogP contribution in [0.5, 0.6) is 0 Å². The van der Waals surface area contributed by atoms with Crippen molar-refractivity contribution in [1.29, 1.82) is 0 Å². The average Bonchev–Trinajstić information content (AvgIpc) is 3.06. The fourth-order valence-corrected chi connectivity index (χ4v) is 6.44. The number of hydrogen-bond acceptors (Lipinski definition) is 5. The lowest BCUT2D eigenvalue weighted by Gasteiger charge is -2.40. The first-order valence-corrected chi connectivity index (χ1v) is 16.2. The highest BCUT2D eigenvalue weighted by Crippen LogP contribution is 2.27. The third-order valence-corrected chi connectivity index (χ3v) is 8.87. The first-order valence-electron chi connectivity index (χ1n) is 16.2. The van der Waals surface area contributed by atoms with Crippen LogP contribution in [-0.4, -0.2) is 66.6 Å². The Morgan fingerprint density at radius 3 is 1.89 bits per heavy atom. The smallest absolute Gasteiger partial charge is 0.337 e. The summed E-state index contributed by atoms with van der Waals surface area (Å²) in [6, 6.07) is 30.4. The van der Waals surface area contributed by atoms with E-state index in [9.17, 15) is 18.7 Å². The Balaban J connectivity index is 0.000000186. The van der Waals surface area contributed by atoms with Crippen LogP contribution in [0.1, 0.15) is 33.4 Å². The summed E-state index contributed by atoms with van der Waals surface area (Å²) in [7, 11) is 0. The molecule has 2 atom stereocenters. The zero-order chi connectivity index (χ0) is 33.3. The lowest BCUT2D eigenvalue weighted by Crippen LogP contribution is -2.57. The number of benzene rings is 4. The Hall–Kier alpha value is -3.95. The van der Waals surface area contributed by atoms with E-state index >= 15 is 0 Å². The van der Waals surface area contributed by atoms with Crippen LogP contribution in [0.4, 0.5) is 8.78 Å². The molecule has 0 spiro atoms. The van der Waals surface area contributed by atoms with Gasteiger partial charge in [-0.1, -0.05) is 84.9 Å². The topological polar surface area (TPSA) is 71.0 Å². The molecule has 0 aliphatic carbocycles. The molecule has 2 aliphatic heterocycles. The van der Waals surface area contributed by atoms with Gasteiger partial charge in [-0.05, 0) is 59.4 Å². The minimum absolute atomic E-state index is 0.149. The highest BCUT2D eigenvalue weighted by Gasteiger charge is 2.44. The largest absolute Gasteiger partial charge is 0.479 e. The molecule has 6 nitrogen and oxygen atoms in total. The maximum atomic E-state index is 13.5. The number of rotatable bonds is 9. The van der Waals surface area contributed by atoms with Crippen molar-refractivity contribution in [2.45, 2.75) is 50.9 Å². The fraction of sp³-hybridized carbons (Fsp3) is 0.359. The number of carboxylic acid groups (broad SMARTS) is 1. The molecule has 4 aromatic carbocycles.